The van der Waals surface area contributed by atoms with Gasteiger partial charge in [-0.1, -0.05) is 13.8 Å². The van der Waals surface area contributed by atoms with Crippen LogP contribution in [0, 0.1) is 9.39 Å². The highest BCUT2D eigenvalue weighted by Gasteiger charge is 2.36. The van der Waals surface area contributed by atoms with Crippen LogP contribution in [0.1, 0.15) is 37.0 Å². The van der Waals surface area contributed by atoms with Crippen LogP contribution in [-0.4, -0.2) is 22.5 Å². The summed E-state index contributed by atoms with van der Waals surface area (Å²) >= 11 is 1.85. The predicted octanol–water partition coefficient (Wildman–Crippen LogP) is 2.80. The van der Waals surface area contributed by atoms with Crippen LogP contribution in [0.2, 0.25) is 0 Å². The van der Waals surface area contributed by atoms with E-state index >= 15 is 0 Å². The highest BCUT2D eigenvalue weighted by Crippen LogP contribution is 2.19. The van der Waals surface area contributed by atoms with Crippen LogP contribution in [-0.2, 0) is 4.79 Å². The molecule has 0 aliphatic rings. The Morgan fingerprint density at radius 1 is 1.37 bits per heavy atom. The lowest BCUT2D eigenvalue weighted by atomic mass is 9.92. The van der Waals surface area contributed by atoms with Gasteiger partial charge in [-0.25, -0.2) is 9.18 Å². The third-order valence-electron chi connectivity index (χ3n) is 3.15. The van der Waals surface area contributed by atoms with E-state index in [1.807, 2.05) is 22.6 Å². The first-order valence-electron chi connectivity index (χ1n) is 5.87. The lowest BCUT2D eigenvalue weighted by Crippen LogP contribution is -2.53. The van der Waals surface area contributed by atoms with E-state index < -0.39 is 23.2 Å². The van der Waals surface area contributed by atoms with Crippen molar-refractivity contribution in [2.75, 3.05) is 0 Å². The van der Waals surface area contributed by atoms with Gasteiger partial charge in [-0.2, -0.15) is 0 Å². The first kappa shape index (κ1) is 15.9. The highest BCUT2D eigenvalue weighted by atomic mass is 127. The number of aliphatic carboxylic acids is 1. The van der Waals surface area contributed by atoms with Gasteiger partial charge in [0.25, 0.3) is 5.91 Å². The van der Waals surface area contributed by atoms with Gasteiger partial charge in [-0.3, -0.25) is 4.79 Å². The molecule has 0 bridgehead atoms. The van der Waals surface area contributed by atoms with Crippen molar-refractivity contribution in [1.82, 2.24) is 5.32 Å². The fraction of sp³-hybridized carbons (Fsp3) is 0.385. The molecule has 0 aliphatic carbocycles. The molecule has 0 aliphatic heterocycles. The smallest absolute Gasteiger partial charge is 0.329 e. The minimum absolute atomic E-state index is 0.273. The maximum atomic E-state index is 13.0. The summed E-state index contributed by atoms with van der Waals surface area (Å²) in [5, 5.41) is 11.8. The topological polar surface area (TPSA) is 66.4 Å². The SMILES string of the molecule is CCC(CC)(NC(=O)c1ccc(F)cc1I)C(=O)O. The van der Waals surface area contributed by atoms with E-state index in [4.69, 9.17) is 0 Å². The maximum absolute atomic E-state index is 13.0. The van der Waals surface area contributed by atoms with Gasteiger partial charge in [0.1, 0.15) is 11.4 Å². The van der Waals surface area contributed by atoms with Gasteiger partial charge in [-0.15, -0.1) is 0 Å². The summed E-state index contributed by atoms with van der Waals surface area (Å²) in [7, 11) is 0. The Kier molecular flexibility index (Phi) is 5.28. The van der Waals surface area contributed by atoms with Crippen molar-refractivity contribution in [1.29, 1.82) is 0 Å². The van der Waals surface area contributed by atoms with Gasteiger partial charge >= 0.3 is 5.97 Å². The molecule has 1 aromatic carbocycles. The number of carbonyl (C=O) groups is 2. The number of amides is 1. The van der Waals surface area contributed by atoms with Crippen molar-refractivity contribution < 1.29 is 19.1 Å². The number of carboxylic acids is 1. The maximum Gasteiger partial charge on any atom is 0.329 e. The molecule has 0 aromatic heterocycles. The van der Waals surface area contributed by atoms with Crippen LogP contribution in [0.3, 0.4) is 0 Å². The number of halogens is 2. The van der Waals surface area contributed by atoms with E-state index in [0.29, 0.717) is 3.57 Å². The third kappa shape index (κ3) is 3.43. The molecule has 0 radical (unpaired) electrons. The van der Waals surface area contributed by atoms with Crippen molar-refractivity contribution in [2.45, 2.75) is 32.2 Å². The molecule has 1 amide bonds. The van der Waals surface area contributed by atoms with Crippen LogP contribution in [0.5, 0.6) is 0 Å². The molecule has 0 atom stereocenters. The molecule has 0 spiro atoms. The molecule has 104 valence electrons. The zero-order valence-corrected chi connectivity index (χ0v) is 12.8. The average molecular weight is 379 g/mol. The van der Waals surface area contributed by atoms with E-state index in [1.165, 1.54) is 18.2 Å². The largest absolute Gasteiger partial charge is 0.480 e. The molecule has 0 saturated heterocycles. The molecule has 1 rings (SSSR count). The average Bonchev–Trinajstić information content (AvgIpc) is 2.35. The minimum Gasteiger partial charge on any atom is -0.480 e. The molecule has 0 saturated carbocycles. The van der Waals surface area contributed by atoms with Gasteiger partial charge in [0.05, 0.1) is 5.56 Å². The molecular formula is C13H15FINO3. The van der Waals surface area contributed by atoms with Gasteiger partial charge in [0.15, 0.2) is 0 Å². The van der Waals surface area contributed by atoms with Crippen molar-refractivity contribution in [2.24, 2.45) is 0 Å². The van der Waals surface area contributed by atoms with Crippen molar-refractivity contribution in [3.05, 3.63) is 33.1 Å². The molecule has 2 N–H and O–H groups in total. The second kappa shape index (κ2) is 6.31. The summed E-state index contributed by atoms with van der Waals surface area (Å²) in [4.78, 5) is 23.4. The molecule has 0 unspecified atom stereocenters. The normalized spacial score (nSPS) is 11.2. The fourth-order valence-corrected chi connectivity index (χ4v) is 2.46. The zero-order chi connectivity index (χ0) is 14.6. The second-order valence-corrected chi connectivity index (χ2v) is 5.33. The number of hydrogen-bond acceptors (Lipinski definition) is 2. The summed E-state index contributed by atoms with van der Waals surface area (Å²) in [5.41, 5.74) is -1.01. The number of rotatable bonds is 5. The Morgan fingerprint density at radius 2 is 1.95 bits per heavy atom. The summed E-state index contributed by atoms with van der Waals surface area (Å²) in [6, 6.07) is 3.76. The Bertz CT molecular complexity index is 501. The van der Waals surface area contributed by atoms with E-state index in [2.05, 4.69) is 5.32 Å². The standard InChI is InChI=1S/C13H15FINO3/c1-3-13(4-2,12(18)19)16-11(17)9-6-5-8(14)7-10(9)15/h5-7H,3-4H2,1-2H3,(H,16,17)(H,18,19). The van der Waals surface area contributed by atoms with Gasteiger partial charge in [0, 0.05) is 3.57 Å². The third-order valence-corrected chi connectivity index (χ3v) is 4.04. The predicted molar refractivity (Wildman–Crippen MR) is 77.5 cm³/mol. The van der Waals surface area contributed by atoms with Crippen LogP contribution < -0.4 is 5.32 Å². The molecule has 6 heteroatoms. The number of benzene rings is 1. The molecule has 4 nitrogen and oxygen atoms in total. The monoisotopic (exact) mass is 379 g/mol. The van der Waals surface area contributed by atoms with Crippen LogP contribution >= 0.6 is 22.6 Å². The van der Waals surface area contributed by atoms with Crippen LogP contribution in [0.4, 0.5) is 4.39 Å². The number of carboxylic acid groups (broad SMARTS) is 1. The first-order chi connectivity index (χ1) is 8.86. The van der Waals surface area contributed by atoms with Crippen LogP contribution in [0.15, 0.2) is 18.2 Å². The Morgan fingerprint density at radius 3 is 2.37 bits per heavy atom. The molecule has 0 fully saturated rings. The molecular weight excluding hydrogens is 364 g/mol. The van der Waals surface area contributed by atoms with Crippen molar-refractivity contribution >= 4 is 34.5 Å². The number of hydrogen-bond donors (Lipinski definition) is 2. The summed E-state index contributed by atoms with van der Waals surface area (Å²) < 4.78 is 13.4. The fourth-order valence-electron chi connectivity index (χ4n) is 1.74. The van der Waals surface area contributed by atoms with Crippen molar-refractivity contribution in [3.8, 4) is 0 Å². The summed E-state index contributed by atoms with van der Waals surface area (Å²) in [6.45, 7) is 3.40. The first-order valence-corrected chi connectivity index (χ1v) is 6.95. The van der Waals surface area contributed by atoms with E-state index in [9.17, 15) is 19.1 Å². The van der Waals surface area contributed by atoms with E-state index in [-0.39, 0.29) is 18.4 Å². The Hall–Kier alpha value is -1.18. The lowest BCUT2D eigenvalue weighted by Gasteiger charge is -2.28. The Balaban J connectivity index is 3.04. The molecule has 19 heavy (non-hydrogen) atoms. The quantitative estimate of drug-likeness (QED) is 0.774. The van der Waals surface area contributed by atoms with Crippen molar-refractivity contribution in [3.63, 3.8) is 0 Å². The molecule has 0 heterocycles. The van der Waals surface area contributed by atoms with Gasteiger partial charge < -0.3 is 10.4 Å². The van der Waals surface area contributed by atoms with Crippen LogP contribution in [0.25, 0.3) is 0 Å². The van der Waals surface area contributed by atoms with Gasteiger partial charge in [0.2, 0.25) is 0 Å². The number of nitrogens with one attached hydrogen (secondary N) is 1. The summed E-state index contributed by atoms with van der Waals surface area (Å²) in [6.07, 6.45) is 0.560. The molecule has 1 aromatic rings. The van der Waals surface area contributed by atoms with Gasteiger partial charge in [-0.05, 0) is 53.6 Å². The zero-order valence-electron chi connectivity index (χ0n) is 10.7. The van der Waals surface area contributed by atoms with E-state index in [0.717, 1.165) is 0 Å². The Labute approximate surface area is 124 Å². The highest BCUT2D eigenvalue weighted by molar-refractivity contribution is 14.1. The van der Waals surface area contributed by atoms with E-state index in [1.54, 1.807) is 13.8 Å². The lowest BCUT2D eigenvalue weighted by molar-refractivity contribution is -0.144. The number of carbonyl (C=O) groups excluding carboxylic acids is 1. The second-order valence-electron chi connectivity index (χ2n) is 4.17. The minimum atomic E-state index is -1.28. The summed E-state index contributed by atoms with van der Waals surface area (Å²) in [5.74, 6) is -2.00.